The number of nitrogens with one attached hydrogen (secondary N) is 2. The predicted octanol–water partition coefficient (Wildman–Crippen LogP) is 16.0. The minimum atomic E-state index is 0.613. The SMILES string of the molecule is CN1CCNCC1.CN1CCOCC1.Cc1c(Cl)cncc1Cl.Cc1cccnc1C.Cc1cncnc1C.Cc1cnoc1C.Cc1nc(C)c(C)s1.Cc1nc[nH]c1C.Cc1ncc(C)c(C)n1.Cc1nccn1C.Cc1ncsc1C.Cc1nnsc1C.Cc1noc(C)c1C. The normalized spacial score (nSPS) is 11.8. The fourth-order valence-corrected chi connectivity index (χ4v) is 8.83. The molecule has 11 aromatic heterocycles. The van der Waals surface area contributed by atoms with E-state index in [1.807, 2.05) is 186 Å². The Labute approximate surface area is 611 Å². The van der Waals surface area contributed by atoms with Gasteiger partial charge in [0, 0.05) is 138 Å². The molecule has 0 atom stereocenters. The highest BCUT2D eigenvalue weighted by atomic mass is 35.5. The van der Waals surface area contributed by atoms with Gasteiger partial charge in [0.2, 0.25) is 0 Å². The second-order valence-corrected chi connectivity index (χ2v) is 27.3. The van der Waals surface area contributed by atoms with Crippen LogP contribution < -0.4 is 5.32 Å². The minimum absolute atomic E-state index is 0.613. The van der Waals surface area contributed by atoms with Gasteiger partial charge in [0.1, 0.15) is 29.5 Å². The van der Waals surface area contributed by atoms with Crippen LogP contribution in [-0.2, 0) is 11.8 Å². The lowest BCUT2D eigenvalue weighted by molar-refractivity contribution is 0.0503. The standard InChI is InChI=1S/C7H10N2.C7H9N.C6H5Cl2N.C6H8N2.C6H9NO.C6H9NS.C5H8N2.C5H12N2.C5H8N2.C5H11NO.C5H7NO.C5H7NS.C4H6N2S/c1-5-4-8-7(3)9-6(5)2;1-6-4-3-5-8-7(6)2;1-4-5(7)2-9-3-6(4)8;1-5-3-7-4-8-6(5)2;1-4-5(2)7-8-6(4)3;1-4-5(2)8-6(3)7-4;1-5-6-3-4-7(5)2;1-7-4-2-6-3-5-7;1-4-5(2)7-3-6-4;1-6-2-4-7-5-3-6;1-4-3-6-7-5(4)2;1-4-5(2)7-3-6-4;1-3-4(2)7-6-5-3/h4H,1-3H3;3-5H,1-2H3;2-3H,1H3;3-4H,1-2H3;2*1-3H3;3-4H,1-2H3;6H,2-5H2,1H3;3H,1-2H3,(H,6,7);2-5H2,1H3;2*3H,1-2H3;1-2H3. The van der Waals surface area contributed by atoms with Crippen molar-refractivity contribution in [1.82, 2.24) is 94.4 Å². The average molecular weight is 1460 g/mol. The third kappa shape index (κ3) is 40.4. The number of pyridine rings is 2. The summed E-state index contributed by atoms with van der Waals surface area (Å²) in [5.74, 6) is 3.72. The zero-order valence-corrected chi connectivity index (χ0v) is 67.4. The van der Waals surface area contributed by atoms with Crippen LogP contribution in [0.25, 0.3) is 0 Å². The van der Waals surface area contributed by atoms with Crippen molar-refractivity contribution < 1.29 is 13.8 Å². The molecule has 0 aliphatic carbocycles. The van der Waals surface area contributed by atoms with Gasteiger partial charge in [-0.3, -0.25) is 9.97 Å². The summed E-state index contributed by atoms with van der Waals surface area (Å²) >= 11 is 16.2. The van der Waals surface area contributed by atoms with E-state index in [4.69, 9.17) is 37.0 Å². The molecule has 2 saturated heterocycles. The van der Waals surface area contributed by atoms with Crippen LogP contribution in [0.15, 0.2) is 88.9 Å². The maximum Gasteiger partial charge on any atom is 0.136 e. The van der Waals surface area contributed by atoms with E-state index in [2.05, 4.69) is 131 Å². The van der Waals surface area contributed by atoms with E-state index < -0.39 is 0 Å². The number of rotatable bonds is 0. The minimum Gasteiger partial charge on any atom is -0.379 e. The molecule has 0 unspecified atom stereocenters. The van der Waals surface area contributed by atoms with Crippen molar-refractivity contribution in [2.24, 2.45) is 7.05 Å². The number of nitrogens with zero attached hydrogens (tertiary/aromatic N) is 17. The highest BCUT2D eigenvalue weighted by Gasteiger charge is 2.04. The van der Waals surface area contributed by atoms with Gasteiger partial charge < -0.3 is 38.5 Å². The number of ether oxygens (including phenoxy) is 1. The topological polar surface area (TPSA) is 255 Å². The molecule has 0 bridgehead atoms. The first-order valence-corrected chi connectivity index (χ1v) is 35.5. The lowest BCUT2D eigenvalue weighted by Gasteiger charge is -2.21. The molecule has 2 N–H and O–H groups in total. The van der Waals surface area contributed by atoms with Gasteiger partial charge in [-0.25, -0.2) is 39.9 Å². The molecule has 0 spiro atoms. The molecule has 2 aliphatic rings. The van der Waals surface area contributed by atoms with Crippen LogP contribution in [0, 0.1) is 159 Å². The van der Waals surface area contributed by atoms with Gasteiger partial charge in [-0.2, -0.15) is 0 Å². The van der Waals surface area contributed by atoms with Gasteiger partial charge >= 0.3 is 0 Å². The second kappa shape index (κ2) is 50.8. The number of likely N-dealkylation sites (N-methyl/N-ethyl adjacent to an activating group) is 2. The van der Waals surface area contributed by atoms with Crippen molar-refractivity contribution >= 4 is 57.4 Å². The molecule has 22 nitrogen and oxygen atoms in total. The van der Waals surface area contributed by atoms with Gasteiger partial charge in [-0.1, -0.05) is 44.1 Å². The summed E-state index contributed by atoms with van der Waals surface area (Å²) in [6, 6.07) is 4.00. The average Bonchev–Trinajstić information content (AvgIpc) is 2.01. The number of aromatic amines is 1. The van der Waals surface area contributed by atoms with E-state index in [9.17, 15) is 0 Å². The highest BCUT2D eigenvalue weighted by molar-refractivity contribution is 7.11. The Balaban J connectivity index is 0.000000537. The number of aryl methyl sites for hydroxylation is 22. The summed E-state index contributed by atoms with van der Waals surface area (Å²) in [6.07, 6.45) is 17.3. The molecule has 13 heterocycles. The van der Waals surface area contributed by atoms with E-state index in [0.29, 0.717) is 10.0 Å². The first kappa shape index (κ1) is 89.6. The van der Waals surface area contributed by atoms with E-state index in [1.165, 1.54) is 55.5 Å². The third-order valence-electron chi connectivity index (χ3n) is 15.0. The monoisotopic (exact) mass is 1450 g/mol. The Morgan fingerprint density at radius 2 is 1.13 bits per heavy atom. The largest absolute Gasteiger partial charge is 0.379 e. The molecule has 2 fully saturated rings. The quantitative estimate of drug-likeness (QED) is 0.143. The van der Waals surface area contributed by atoms with Crippen LogP contribution in [-0.4, -0.2) is 156 Å². The van der Waals surface area contributed by atoms with E-state index >= 15 is 0 Å². The molecule has 13 rings (SSSR count). The maximum atomic E-state index is 5.67. The number of hydrogen-bond donors (Lipinski definition) is 2. The van der Waals surface area contributed by atoms with Crippen LogP contribution in [0.2, 0.25) is 10.0 Å². The zero-order valence-electron chi connectivity index (χ0n) is 63.5. The predicted molar refractivity (Wildman–Crippen MR) is 409 cm³/mol. The molecule has 542 valence electrons. The molecule has 27 heteroatoms. The van der Waals surface area contributed by atoms with Crippen LogP contribution in [0.1, 0.15) is 127 Å². The first-order valence-electron chi connectivity index (χ1n) is 32.3. The molecule has 0 amide bonds. The molecule has 11 aromatic rings. The van der Waals surface area contributed by atoms with Gasteiger partial charge in [-0.05, 0) is 213 Å². The fraction of sp³-hybridized carbons (Fsp3) is 0.472. The van der Waals surface area contributed by atoms with E-state index in [0.717, 1.165) is 136 Å². The number of thiazole rings is 2. The Bertz CT molecular complexity index is 3430. The molecular weight excluding hydrogens is 1350 g/mol. The van der Waals surface area contributed by atoms with Crippen molar-refractivity contribution in [3.63, 3.8) is 0 Å². The number of piperazine rings is 1. The fourth-order valence-electron chi connectivity index (χ4n) is 6.59. The Morgan fingerprint density at radius 3 is 1.37 bits per heavy atom. The van der Waals surface area contributed by atoms with Crippen molar-refractivity contribution in [2.75, 3.05) is 66.6 Å². The lowest BCUT2D eigenvalue weighted by atomic mass is 10.2. The molecule has 0 aromatic carbocycles. The Kier molecular flexibility index (Phi) is 45.9. The summed E-state index contributed by atoms with van der Waals surface area (Å²) in [5, 5.41) is 16.7. The number of morpholine rings is 1. The van der Waals surface area contributed by atoms with Gasteiger partial charge in [0.15, 0.2) is 0 Å². The number of imidazole rings is 2. The van der Waals surface area contributed by atoms with E-state index in [1.54, 1.807) is 60.1 Å². The number of hydrogen-bond acceptors (Lipinski definition) is 23. The molecule has 0 saturated carbocycles. The van der Waals surface area contributed by atoms with Gasteiger partial charge in [-0.15, -0.1) is 27.8 Å². The highest BCUT2D eigenvalue weighted by Crippen LogP contribution is 2.21. The summed E-state index contributed by atoms with van der Waals surface area (Å²) in [5.41, 5.74) is 18.4. The van der Waals surface area contributed by atoms with Crippen molar-refractivity contribution in [3.8, 4) is 0 Å². The van der Waals surface area contributed by atoms with Gasteiger partial charge in [0.05, 0.1) is 74.8 Å². The Morgan fingerprint density at radius 1 is 0.505 bits per heavy atom. The van der Waals surface area contributed by atoms with Crippen LogP contribution >= 0.6 is 57.4 Å². The summed E-state index contributed by atoms with van der Waals surface area (Å²) in [4.78, 5) is 51.5. The number of aromatic nitrogens is 16. The molecule has 99 heavy (non-hydrogen) atoms. The summed E-state index contributed by atoms with van der Waals surface area (Å²) < 4.78 is 20.3. The Hall–Kier alpha value is -7.46. The van der Waals surface area contributed by atoms with Crippen molar-refractivity contribution in [3.05, 3.63) is 217 Å². The van der Waals surface area contributed by atoms with Crippen LogP contribution in [0.4, 0.5) is 0 Å². The maximum absolute atomic E-state index is 5.67. The molecule has 0 radical (unpaired) electrons. The third-order valence-corrected chi connectivity index (χ3v) is 18.3. The summed E-state index contributed by atoms with van der Waals surface area (Å²) in [7, 11) is 6.24. The van der Waals surface area contributed by atoms with Crippen LogP contribution in [0.5, 0.6) is 0 Å². The summed E-state index contributed by atoms with van der Waals surface area (Å²) in [6.45, 7) is 54.4. The lowest BCUT2D eigenvalue weighted by Crippen LogP contribution is -2.40. The number of halogens is 2. The second-order valence-electron chi connectivity index (χ2n) is 23.1. The van der Waals surface area contributed by atoms with E-state index in [-0.39, 0.29) is 0 Å². The van der Waals surface area contributed by atoms with Crippen molar-refractivity contribution in [1.29, 1.82) is 0 Å². The molecule has 2 aliphatic heterocycles. The van der Waals surface area contributed by atoms with Crippen molar-refractivity contribution in [2.45, 2.75) is 159 Å². The first-order chi connectivity index (χ1) is 46.7. The van der Waals surface area contributed by atoms with Gasteiger partial charge in [0.25, 0.3) is 0 Å². The smallest absolute Gasteiger partial charge is 0.136 e. The van der Waals surface area contributed by atoms with Crippen LogP contribution in [0.3, 0.4) is 0 Å². The number of H-pyrrole nitrogens is 1. The zero-order chi connectivity index (χ0) is 74.6. The molecular formula is C72H109Cl2N19O3S3.